The monoisotopic (exact) mass is 376 g/mol. The summed E-state index contributed by atoms with van der Waals surface area (Å²) in [6.07, 6.45) is 0. The number of ether oxygens (including phenoxy) is 3. The largest absolute Gasteiger partial charge is 0.486 e. The van der Waals surface area contributed by atoms with Crippen molar-refractivity contribution in [1.29, 1.82) is 0 Å². The number of hydrogen-bond acceptors (Lipinski definition) is 6. The molecule has 0 spiro atoms. The van der Waals surface area contributed by atoms with E-state index in [9.17, 15) is 4.79 Å². The zero-order chi connectivity index (χ0) is 18.5. The van der Waals surface area contributed by atoms with E-state index in [2.05, 4.69) is 21.2 Å². The maximum atomic E-state index is 12.4. The summed E-state index contributed by atoms with van der Waals surface area (Å²) < 4.78 is 16.6. The molecule has 27 heavy (non-hydrogen) atoms. The number of fused-ring (bicyclic) bond motifs is 1. The first-order valence-electron chi connectivity index (χ1n) is 9.77. The van der Waals surface area contributed by atoms with Crippen LogP contribution >= 0.6 is 0 Å². The molecule has 3 aliphatic rings. The SMILES string of the molecule is O=C(NCCN1CCOCC1)N1CCN(c2ccc3c(c2)OCCO3)CC1. The third-order valence-electron chi connectivity index (χ3n) is 5.27. The van der Waals surface area contributed by atoms with Crippen molar-refractivity contribution in [2.45, 2.75) is 0 Å². The highest BCUT2D eigenvalue weighted by molar-refractivity contribution is 5.74. The van der Waals surface area contributed by atoms with Crippen LogP contribution in [-0.4, -0.2) is 94.6 Å². The van der Waals surface area contributed by atoms with E-state index in [1.165, 1.54) is 0 Å². The van der Waals surface area contributed by atoms with Crippen LogP contribution in [0.4, 0.5) is 10.5 Å². The van der Waals surface area contributed by atoms with Gasteiger partial charge in [0.1, 0.15) is 13.2 Å². The number of amides is 2. The molecule has 0 bridgehead atoms. The quantitative estimate of drug-likeness (QED) is 0.831. The molecule has 1 aromatic carbocycles. The van der Waals surface area contributed by atoms with E-state index >= 15 is 0 Å². The lowest BCUT2D eigenvalue weighted by atomic mass is 10.2. The minimum atomic E-state index is 0.0325. The van der Waals surface area contributed by atoms with E-state index in [0.717, 1.165) is 76.2 Å². The van der Waals surface area contributed by atoms with Crippen LogP contribution in [0.1, 0.15) is 0 Å². The summed E-state index contributed by atoms with van der Waals surface area (Å²) in [5, 5.41) is 3.04. The highest BCUT2D eigenvalue weighted by Gasteiger charge is 2.22. The number of morpholine rings is 1. The Bertz CT molecular complexity index is 643. The number of anilines is 1. The molecule has 2 saturated heterocycles. The lowest BCUT2D eigenvalue weighted by molar-refractivity contribution is 0.0386. The minimum Gasteiger partial charge on any atom is -0.486 e. The summed E-state index contributed by atoms with van der Waals surface area (Å²) in [5.74, 6) is 1.62. The van der Waals surface area contributed by atoms with Crippen molar-refractivity contribution in [3.05, 3.63) is 18.2 Å². The first-order valence-corrected chi connectivity index (χ1v) is 9.77. The average Bonchev–Trinajstić information content (AvgIpc) is 2.74. The van der Waals surface area contributed by atoms with Crippen LogP contribution in [0.5, 0.6) is 11.5 Å². The van der Waals surface area contributed by atoms with Gasteiger partial charge < -0.3 is 29.3 Å². The fraction of sp³-hybridized carbons (Fsp3) is 0.632. The number of rotatable bonds is 4. The summed E-state index contributed by atoms with van der Waals surface area (Å²) in [6, 6.07) is 6.09. The molecule has 4 rings (SSSR count). The van der Waals surface area contributed by atoms with Gasteiger partial charge in [-0.05, 0) is 12.1 Å². The average molecular weight is 376 g/mol. The molecule has 8 heteroatoms. The molecular formula is C19H28N4O4. The smallest absolute Gasteiger partial charge is 0.317 e. The topological polar surface area (TPSA) is 66.5 Å². The standard InChI is InChI=1S/C19H28N4O4/c24-19(20-3-4-21-9-11-25-12-10-21)23-7-5-22(6-8-23)16-1-2-17-18(15-16)27-14-13-26-17/h1-2,15H,3-14H2,(H,20,24). The zero-order valence-electron chi connectivity index (χ0n) is 15.7. The molecule has 0 saturated carbocycles. The normalized spacial score (nSPS) is 20.4. The molecule has 0 aromatic heterocycles. The molecule has 8 nitrogen and oxygen atoms in total. The Balaban J connectivity index is 1.22. The van der Waals surface area contributed by atoms with Gasteiger partial charge in [0.15, 0.2) is 11.5 Å². The van der Waals surface area contributed by atoms with Crippen LogP contribution < -0.4 is 19.7 Å². The summed E-state index contributed by atoms with van der Waals surface area (Å²) in [7, 11) is 0. The molecule has 0 atom stereocenters. The van der Waals surface area contributed by atoms with Gasteiger partial charge in [-0.3, -0.25) is 4.90 Å². The van der Waals surface area contributed by atoms with Crippen LogP contribution in [0.3, 0.4) is 0 Å². The fourth-order valence-electron chi connectivity index (χ4n) is 3.65. The third-order valence-corrected chi connectivity index (χ3v) is 5.27. The van der Waals surface area contributed by atoms with Gasteiger partial charge in [-0.1, -0.05) is 0 Å². The molecular weight excluding hydrogens is 348 g/mol. The number of carbonyl (C=O) groups excluding carboxylic acids is 1. The number of hydrogen-bond donors (Lipinski definition) is 1. The minimum absolute atomic E-state index is 0.0325. The second-order valence-corrected chi connectivity index (χ2v) is 6.99. The second-order valence-electron chi connectivity index (χ2n) is 6.99. The molecule has 2 amide bonds. The number of benzene rings is 1. The predicted octanol–water partition coefficient (Wildman–Crippen LogP) is 0.622. The summed E-state index contributed by atoms with van der Waals surface area (Å²) >= 11 is 0. The van der Waals surface area contributed by atoms with Crippen molar-refractivity contribution in [3.8, 4) is 11.5 Å². The lowest BCUT2D eigenvalue weighted by Gasteiger charge is -2.36. The van der Waals surface area contributed by atoms with Gasteiger partial charge in [-0.2, -0.15) is 0 Å². The van der Waals surface area contributed by atoms with Crippen LogP contribution in [0.2, 0.25) is 0 Å². The lowest BCUT2D eigenvalue weighted by Crippen LogP contribution is -2.52. The van der Waals surface area contributed by atoms with E-state index in [0.29, 0.717) is 19.8 Å². The highest BCUT2D eigenvalue weighted by atomic mass is 16.6. The number of carbonyl (C=O) groups is 1. The number of nitrogens with zero attached hydrogens (tertiary/aromatic N) is 3. The Hall–Kier alpha value is -2.19. The van der Waals surface area contributed by atoms with Gasteiger partial charge in [-0.25, -0.2) is 4.79 Å². The number of nitrogens with one attached hydrogen (secondary N) is 1. The van der Waals surface area contributed by atoms with Crippen molar-refractivity contribution < 1.29 is 19.0 Å². The molecule has 3 aliphatic heterocycles. The first-order chi connectivity index (χ1) is 13.3. The summed E-state index contributed by atoms with van der Waals surface area (Å²) in [5.41, 5.74) is 1.12. The van der Waals surface area contributed by atoms with Gasteiger partial charge in [0.25, 0.3) is 0 Å². The highest BCUT2D eigenvalue weighted by Crippen LogP contribution is 2.34. The molecule has 1 N–H and O–H groups in total. The Labute approximate surface area is 159 Å². The van der Waals surface area contributed by atoms with Crippen molar-refractivity contribution in [2.75, 3.05) is 83.7 Å². The fourth-order valence-corrected chi connectivity index (χ4v) is 3.65. The van der Waals surface area contributed by atoms with E-state index in [1.54, 1.807) is 0 Å². The van der Waals surface area contributed by atoms with E-state index in [-0.39, 0.29) is 6.03 Å². The second kappa shape index (κ2) is 8.67. The predicted molar refractivity (Wildman–Crippen MR) is 102 cm³/mol. The van der Waals surface area contributed by atoms with E-state index < -0.39 is 0 Å². The van der Waals surface area contributed by atoms with Crippen LogP contribution in [0.25, 0.3) is 0 Å². The van der Waals surface area contributed by atoms with Crippen molar-refractivity contribution in [2.24, 2.45) is 0 Å². The Morgan fingerprint density at radius 2 is 1.67 bits per heavy atom. The molecule has 0 aliphatic carbocycles. The van der Waals surface area contributed by atoms with Crippen LogP contribution in [0.15, 0.2) is 18.2 Å². The van der Waals surface area contributed by atoms with Crippen molar-refractivity contribution in [3.63, 3.8) is 0 Å². The Kier molecular flexibility index (Phi) is 5.84. The van der Waals surface area contributed by atoms with Crippen molar-refractivity contribution in [1.82, 2.24) is 15.1 Å². The maximum absolute atomic E-state index is 12.4. The first kappa shape index (κ1) is 18.2. The van der Waals surface area contributed by atoms with Gasteiger partial charge >= 0.3 is 6.03 Å². The summed E-state index contributed by atoms with van der Waals surface area (Å²) in [6.45, 7) is 9.30. The van der Waals surface area contributed by atoms with E-state index in [4.69, 9.17) is 14.2 Å². The van der Waals surface area contributed by atoms with Crippen LogP contribution in [-0.2, 0) is 4.74 Å². The molecule has 2 fully saturated rings. The maximum Gasteiger partial charge on any atom is 0.317 e. The Morgan fingerprint density at radius 3 is 2.44 bits per heavy atom. The van der Waals surface area contributed by atoms with Gasteiger partial charge in [0.05, 0.1) is 13.2 Å². The van der Waals surface area contributed by atoms with Gasteiger partial charge in [0, 0.05) is 64.1 Å². The molecule has 3 heterocycles. The van der Waals surface area contributed by atoms with Crippen molar-refractivity contribution >= 4 is 11.7 Å². The molecule has 148 valence electrons. The zero-order valence-corrected chi connectivity index (χ0v) is 15.7. The van der Waals surface area contributed by atoms with E-state index in [1.807, 2.05) is 17.0 Å². The summed E-state index contributed by atoms with van der Waals surface area (Å²) in [4.78, 5) is 18.9. The molecule has 1 aromatic rings. The number of urea groups is 1. The third kappa shape index (κ3) is 4.56. The molecule has 0 unspecified atom stereocenters. The Morgan fingerprint density at radius 1 is 0.926 bits per heavy atom. The molecule has 0 radical (unpaired) electrons. The number of piperazine rings is 1. The van der Waals surface area contributed by atoms with Crippen LogP contribution in [0, 0.1) is 0 Å². The van der Waals surface area contributed by atoms with Gasteiger partial charge in [0.2, 0.25) is 0 Å². The van der Waals surface area contributed by atoms with Gasteiger partial charge in [-0.15, -0.1) is 0 Å².